The lowest BCUT2D eigenvalue weighted by Crippen LogP contribution is -2.30. The van der Waals surface area contributed by atoms with Crippen molar-refractivity contribution in [3.8, 4) is 0 Å². The van der Waals surface area contributed by atoms with Crippen LogP contribution in [0.3, 0.4) is 0 Å². The minimum Gasteiger partial charge on any atom is -0.329 e. The topological polar surface area (TPSA) is 42.2 Å². The summed E-state index contributed by atoms with van der Waals surface area (Å²) < 4.78 is 0. The number of aromatic nitrogens is 1. The molecule has 0 spiro atoms. The molecule has 1 aromatic carbocycles. The van der Waals surface area contributed by atoms with Gasteiger partial charge in [0.1, 0.15) is 0 Å². The van der Waals surface area contributed by atoms with Crippen LogP contribution in [0, 0.1) is 0 Å². The van der Waals surface area contributed by atoms with Crippen molar-refractivity contribution in [1.29, 1.82) is 0 Å². The average Bonchev–Trinajstić information content (AvgIpc) is 2.44. The van der Waals surface area contributed by atoms with E-state index in [9.17, 15) is 0 Å². The Labute approximate surface area is 129 Å². The van der Waals surface area contributed by atoms with Crippen molar-refractivity contribution >= 4 is 23.2 Å². The van der Waals surface area contributed by atoms with Gasteiger partial charge in [0, 0.05) is 41.1 Å². The molecular formula is C15H17Cl2N3. The number of nitrogens with zero attached hydrogens (tertiary/aromatic N) is 2. The molecule has 0 aliphatic rings. The van der Waals surface area contributed by atoms with E-state index in [1.165, 1.54) is 5.56 Å². The monoisotopic (exact) mass is 309 g/mol. The van der Waals surface area contributed by atoms with Crippen LogP contribution in [0.5, 0.6) is 0 Å². The molecule has 1 atom stereocenters. The van der Waals surface area contributed by atoms with E-state index in [0.717, 1.165) is 12.1 Å². The van der Waals surface area contributed by atoms with Crippen LogP contribution in [0.2, 0.25) is 10.0 Å². The van der Waals surface area contributed by atoms with Gasteiger partial charge in [-0.15, -0.1) is 0 Å². The van der Waals surface area contributed by atoms with Crippen molar-refractivity contribution in [2.45, 2.75) is 12.6 Å². The van der Waals surface area contributed by atoms with E-state index in [1.807, 2.05) is 37.4 Å². The van der Waals surface area contributed by atoms with Crippen molar-refractivity contribution in [2.75, 3.05) is 13.6 Å². The fourth-order valence-electron chi connectivity index (χ4n) is 2.23. The minimum absolute atomic E-state index is 0.0237. The molecule has 0 amide bonds. The SMILES string of the molecule is CN(Cc1ccncc1)C(CN)c1c(Cl)cccc1Cl. The fourth-order valence-corrected chi connectivity index (χ4v) is 2.88. The second-order valence-electron chi connectivity index (χ2n) is 4.66. The Morgan fingerprint density at radius 1 is 1.15 bits per heavy atom. The Hall–Kier alpha value is -1.13. The molecule has 1 heterocycles. The number of likely N-dealkylation sites (N-methyl/N-ethyl adjacent to an activating group) is 1. The number of nitrogens with two attached hydrogens (primary N) is 1. The standard InChI is InChI=1S/C15H17Cl2N3/c1-20(10-11-5-7-19-8-6-11)14(9-18)15-12(16)3-2-4-13(15)17/h2-8,14H,9-10,18H2,1H3. The van der Waals surface area contributed by atoms with Gasteiger partial charge >= 0.3 is 0 Å². The third-order valence-electron chi connectivity index (χ3n) is 3.27. The van der Waals surface area contributed by atoms with E-state index in [1.54, 1.807) is 12.4 Å². The molecule has 0 saturated heterocycles. The van der Waals surface area contributed by atoms with Crippen molar-refractivity contribution in [1.82, 2.24) is 9.88 Å². The van der Waals surface area contributed by atoms with Crippen LogP contribution in [0.4, 0.5) is 0 Å². The van der Waals surface area contributed by atoms with E-state index in [0.29, 0.717) is 16.6 Å². The Balaban J connectivity index is 2.24. The molecule has 0 bridgehead atoms. The molecular weight excluding hydrogens is 293 g/mol. The van der Waals surface area contributed by atoms with Gasteiger partial charge in [0.2, 0.25) is 0 Å². The normalized spacial score (nSPS) is 12.7. The van der Waals surface area contributed by atoms with Crippen molar-refractivity contribution in [3.05, 3.63) is 63.9 Å². The molecule has 0 radical (unpaired) electrons. The lowest BCUT2D eigenvalue weighted by Gasteiger charge is -2.28. The van der Waals surface area contributed by atoms with Gasteiger partial charge < -0.3 is 5.73 Å². The highest BCUT2D eigenvalue weighted by atomic mass is 35.5. The highest BCUT2D eigenvalue weighted by Gasteiger charge is 2.21. The Morgan fingerprint density at radius 2 is 1.75 bits per heavy atom. The number of halogens is 2. The van der Waals surface area contributed by atoms with E-state index in [-0.39, 0.29) is 6.04 Å². The molecule has 0 fully saturated rings. The van der Waals surface area contributed by atoms with E-state index in [4.69, 9.17) is 28.9 Å². The predicted molar refractivity (Wildman–Crippen MR) is 84.0 cm³/mol. The maximum atomic E-state index is 6.27. The number of benzene rings is 1. The van der Waals surface area contributed by atoms with Gasteiger partial charge in [-0.1, -0.05) is 29.3 Å². The maximum Gasteiger partial charge on any atom is 0.0500 e. The number of hydrogen-bond donors (Lipinski definition) is 1. The van der Waals surface area contributed by atoms with Crippen LogP contribution in [0.1, 0.15) is 17.2 Å². The molecule has 106 valence electrons. The van der Waals surface area contributed by atoms with Gasteiger partial charge in [0.25, 0.3) is 0 Å². The summed E-state index contributed by atoms with van der Waals surface area (Å²) in [6.45, 7) is 1.21. The molecule has 2 rings (SSSR count). The van der Waals surface area contributed by atoms with Gasteiger partial charge in [0.05, 0.1) is 6.04 Å². The van der Waals surface area contributed by atoms with Crippen LogP contribution in [0.25, 0.3) is 0 Å². The Morgan fingerprint density at radius 3 is 2.30 bits per heavy atom. The molecule has 0 aliphatic heterocycles. The first-order valence-electron chi connectivity index (χ1n) is 6.36. The molecule has 5 heteroatoms. The second kappa shape index (κ2) is 7.04. The van der Waals surface area contributed by atoms with Crippen molar-refractivity contribution < 1.29 is 0 Å². The minimum atomic E-state index is -0.0237. The summed E-state index contributed by atoms with van der Waals surface area (Å²) in [6.07, 6.45) is 3.56. The highest BCUT2D eigenvalue weighted by Crippen LogP contribution is 2.33. The zero-order chi connectivity index (χ0) is 14.5. The van der Waals surface area contributed by atoms with Crippen LogP contribution >= 0.6 is 23.2 Å². The summed E-state index contributed by atoms with van der Waals surface area (Å²) in [5.41, 5.74) is 7.98. The van der Waals surface area contributed by atoms with Gasteiger partial charge in [-0.2, -0.15) is 0 Å². The molecule has 20 heavy (non-hydrogen) atoms. The van der Waals surface area contributed by atoms with Gasteiger partial charge in [-0.05, 0) is 36.9 Å². The first-order valence-corrected chi connectivity index (χ1v) is 7.12. The molecule has 0 aliphatic carbocycles. The average molecular weight is 310 g/mol. The summed E-state index contributed by atoms with van der Waals surface area (Å²) in [4.78, 5) is 6.16. The highest BCUT2D eigenvalue weighted by molar-refractivity contribution is 6.36. The van der Waals surface area contributed by atoms with Crippen molar-refractivity contribution in [2.24, 2.45) is 5.73 Å². The molecule has 2 aromatic rings. The summed E-state index contributed by atoms with van der Waals surface area (Å²) in [7, 11) is 2.01. The molecule has 3 nitrogen and oxygen atoms in total. The number of pyridine rings is 1. The Kier molecular flexibility index (Phi) is 5.38. The lowest BCUT2D eigenvalue weighted by molar-refractivity contribution is 0.242. The molecule has 1 aromatic heterocycles. The van der Waals surface area contributed by atoms with E-state index in [2.05, 4.69) is 9.88 Å². The number of hydrogen-bond acceptors (Lipinski definition) is 3. The van der Waals surface area contributed by atoms with Crippen LogP contribution < -0.4 is 5.73 Å². The molecule has 0 saturated carbocycles. The van der Waals surface area contributed by atoms with E-state index < -0.39 is 0 Å². The smallest absolute Gasteiger partial charge is 0.0500 e. The third-order valence-corrected chi connectivity index (χ3v) is 3.93. The quantitative estimate of drug-likeness (QED) is 0.919. The summed E-state index contributed by atoms with van der Waals surface area (Å²) in [6, 6.07) is 9.46. The van der Waals surface area contributed by atoms with Gasteiger partial charge in [-0.25, -0.2) is 0 Å². The second-order valence-corrected chi connectivity index (χ2v) is 5.47. The summed E-state index contributed by atoms with van der Waals surface area (Å²) in [5, 5.41) is 1.30. The number of rotatable bonds is 5. The Bertz CT molecular complexity index is 540. The lowest BCUT2D eigenvalue weighted by atomic mass is 10.0. The zero-order valence-corrected chi connectivity index (χ0v) is 12.8. The summed E-state index contributed by atoms with van der Waals surface area (Å²) >= 11 is 12.5. The third kappa shape index (κ3) is 3.49. The van der Waals surface area contributed by atoms with Crippen LogP contribution in [-0.2, 0) is 6.54 Å². The van der Waals surface area contributed by atoms with Gasteiger partial charge in [0.15, 0.2) is 0 Å². The van der Waals surface area contributed by atoms with Crippen molar-refractivity contribution in [3.63, 3.8) is 0 Å². The van der Waals surface area contributed by atoms with E-state index >= 15 is 0 Å². The fraction of sp³-hybridized carbons (Fsp3) is 0.267. The van der Waals surface area contributed by atoms with Crippen LogP contribution in [0.15, 0.2) is 42.7 Å². The first-order chi connectivity index (χ1) is 9.63. The van der Waals surface area contributed by atoms with Gasteiger partial charge in [-0.3, -0.25) is 9.88 Å². The zero-order valence-electron chi connectivity index (χ0n) is 11.3. The largest absolute Gasteiger partial charge is 0.329 e. The molecule has 1 unspecified atom stereocenters. The first kappa shape index (κ1) is 15.3. The summed E-state index contributed by atoms with van der Waals surface area (Å²) in [5.74, 6) is 0. The van der Waals surface area contributed by atoms with Crippen LogP contribution in [-0.4, -0.2) is 23.5 Å². The molecule has 2 N–H and O–H groups in total. The predicted octanol–water partition coefficient (Wildman–Crippen LogP) is 3.52. The maximum absolute atomic E-state index is 6.27.